The summed E-state index contributed by atoms with van der Waals surface area (Å²) in [4.78, 5) is 6.13. The minimum Gasteiger partial charge on any atom is -0.432 e. The second-order valence-electron chi connectivity index (χ2n) is 3.53. The third-order valence-electron chi connectivity index (χ3n) is 2.37. The van der Waals surface area contributed by atoms with Crippen LogP contribution in [0.2, 0.25) is 0 Å². The van der Waals surface area contributed by atoms with E-state index in [0.717, 1.165) is 12.8 Å². The van der Waals surface area contributed by atoms with Crippen LogP contribution in [0.3, 0.4) is 0 Å². The second-order valence-corrected chi connectivity index (χ2v) is 3.53. The van der Waals surface area contributed by atoms with Crippen LogP contribution in [0.25, 0.3) is 0 Å². The standard InChI is InChI=1S/C10H18N2O2/c1-4-5-8(2)12(3)10-11-9(6-13)7-14-10/h7-8,13H,4-6H2,1-3H3. The maximum Gasteiger partial charge on any atom is 0.297 e. The van der Waals surface area contributed by atoms with Crippen LogP contribution >= 0.6 is 0 Å². The molecular formula is C10H18N2O2. The van der Waals surface area contributed by atoms with Crippen molar-refractivity contribution in [1.29, 1.82) is 0 Å². The molecule has 1 atom stereocenters. The van der Waals surface area contributed by atoms with Gasteiger partial charge in [0, 0.05) is 13.1 Å². The molecule has 0 aliphatic heterocycles. The molecule has 1 unspecified atom stereocenters. The van der Waals surface area contributed by atoms with Crippen molar-refractivity contribution in [2.24, 2.45) is 0 Å². The molecule has 1 aromatic rings. The van der Waals surface area contributed by atoms with E-state index in [1.165, 1.54) is 6.26 Å². The number of anilines is 1. The number of aliphatic hydroxyl groups excluding tert-OH is 1. The molecule has 0 aromatic carbocycles. The van der Waals surface area contributed by atoms with E-state index >= 15 is 0 Å². The molecule has 0 radical (unpaired) electrons. The first-order valence-corrected chi connectivity index (χ1v) is 4.97. The van der Waals surface area contributed by atoms with Crippen molar-refractivity contribution in [3.63, 3.8) is 0 Å². The van der Waals surface area contributed by atoms with E-state index in [1.807, 2.05) is 11.9 Å². The van der Waals surface area contributed by atoms with Crippen molar-refractivity contribution in [3.8, 4) is 0 Å². The van der Waals surface area contributed by atoms with E-state index in [-0.39, 0.29) is 6.61 Å². The van der Waals surface area contributed by atoms with Gasteiger partial charge in [0.1, 0.15) is 12.0 Å². The minimum absolute atomic E-state index is 0.0699. The maximum absolute atomic E-state index is 8.83. The molecule has 0 aliphatic carbocycles. The Kier molecular flexibility index (Phi) is 3.95. The van der Waals surface area contributed by atoms with Crippen molar-refractivity contribution in [2.75, 3.05) is 11.9 Å². The molecule has 80 valence electrons. The largest absolute Gasteiger partial charge is 0.432 e. The summed E-state index contributed by atoms with van der Waals surface area (Å²) in [5.41, 5.74) is 0.579. The van der Waals surface area contributed by atoms with E-state index in [2.05, 4.69) is 18.8 Å². The van der Waals surface area contributed by atoms with Crippen molar-refractivity contribution < 1.29 is 9.52 Å². The molecular weight excluding hydrogens is 180 g/mol. The number of nitrogens with zero attached hydrogens (tertiary/aromatic N) is 2. The number of hydrogen-bond acceptors (Lipinski definition) is 4. The minimum atomic E-state index is -0.0699. The van der Waals surface area contributed by atoms with Gasteiger partial charge in [0.25, 0.3) is 6.01 Å². The van der Waals surface area contributed by atoms with E-state index in [1.54, 1.807) is 0 Å². The van der Waals surface area contributed by atoms with Crippen LogP contribution in [0.5, 0.6) is 0 Å². The summed E-state index contributed by atoms with van der Waals surface area (Å²) in [5.74, 6) is 0. The van der Waals surface area contributed by atoms with Crippen LogP contribution in [0.4, 0.5) is 6.01 Å². The number of hydrogen-bond donors (Lipinski definition) is 1. The molecule has 1 N–H and O–H groups in total. The van der Waals surface area contributed by atoms with Gasteiger partial charge < -0.3 is 14.4 Å². The Morgan fingerprint density at radius 2 is 2.36 bits per heavy atom. The molecule has 0 spiro atoms. The highest BCUT2D eigenvalue weighted by Crippen LogP contribution is 2.16. The van der Waals surface area contributed by atoms with Gasteiger partial charge in [0.2, 0.25) is 0 Å². The van der Waals surface area contributed by atoms with Gasteiger partial charge in [-0.2, -0.15) is 4.98 Å². The lowest BCUT2D eigenvalue weighted by molar-refractivity contribution is 0.276. The molecule has 4 nitrogen and oxygen atoms in total. The second kappa shape index (κ2) is 5.00. The van der Waals surface area contributed by atoms with Gasteiger partial charge in [-0.3, -0.25) is 0 Å². The zero-order valence-corrected chi connectivity index (χ0v) is 9.03. The molecule has 4 heteroatoms. The summed E-state index contributed by atoms with van der Waals surface area (Å²) in [7, 11) is 1.95. The zero-order valence-electron chi connectivity index (χ0n) is 9.03. The van der Waals surface area contributed by atoms with Gasteiger partial charge >= 0.3 is 0 Å². The molecule has 0 saturated heterocycles. The Morgan fingerprint density at radius 3 is 2.86 bits per heavy atom. The van der Waals surface area contributed by atoms with Crippen LogP contribution < -0.4 is 4.90 Å². The lowest BCUT2D eigenvalue weighted by atomic mass is 10.2. The van der Waals surface area contributed by atoms with E-state index in [4.69, 9.17) is 9.52 Å². The number of oxazole rings is 1. The Hall–Kier alpha value is -1.03. The normalized spacial score (nSPS) is 12.9. The Morgan fingerprint density at radius 1 is 1.64 bits per heavy atom. The highest BCUT2D eigenvalue weighted by Gasteiger charge is 2.13. The van der Waals surface area contributed by atoms with Crippen molar-refractivity contribution in [1.82, 2.24) is 4.98 Å². The Bertz CT molecular complexity index is 273. The van der Waals surface area contributed by atoms with Gasteiger partial charge in [0.15, 0.2) is 0 Å². The molecule has 0 bridgehead atoms. The van der Waals surface area contributed by atoms with E-state index < -0.39 is 0 Å². The molecule has 0 fully saturated rings. The van der Waals surface area contributed by atoms with Crippen LogP contribution in [-0.4, -0.2) is 23.2 Å². The average molecular weight is 198 g/mol. The van der Waals surface area contributed by atoms with Crippen LogP contribution in [0.1, 0.15) is 32.4 Å². The van der Waals surface area contributed by atoms with Crippen molar-refractivity contribution in [2.45, 2.75) is 39.3 Å². The summed E-state index contributed by atoms with van der Waals surface area (Å²) >= 11 is 0. The van der Waals surface area contributed by atoms with Crippen LogP contribution in [0.15, 0.2) is 10.7 Å². The summed E-state index contributed by atoms with van der Waals surface area (Å²) in [6, 6.07) is 0.986. The predicted molar refractivity (Wildman–Crippen MR) is 55.2 cm³/mol. The van der Waals surface area contributed by atoms with Crippen LogP contribution in [0, 0.1) is 0 Å². The first-order chi connectivity index (χ1) is 6.69. The molecule has 0 saturated carbocycles. The lowest BCUT2D eigenvalue weighted by Crippen LogP contribution is -2.28. The molecule has 1 aromatic heterocycles. The molecule has 1 heterocycles. The highest BCUT2D eigenvalue weighted by molar-refractivity contribution is 5.26. The summed E-state index contributed by atoms with van der Waals surface area (Å²) in [6.45, 7) is 4.21. The molecule has 14 heavy (non-hydrogen) atoms. The lowest BCUT2D eigenvalue weighted by Gasteiger charge is -2.22. The average Bonchev–Trinajstić information content (AvgIpc) is 2.65. The topological polar surface area (TPSA) is 49.5 Å². The third kappa shape index (κ3) is 2.48. The summed E-state index contributed by atoms with van der Waals surface area (Å²) < 4.78 is 5.24. The molecule has 1 rings (SSSR count). The fourth-order valence-corrected chi connectivity index (χ4v) is 1.33. The Labute approximate surface area is 84.6 Å². The zero-order chi connectivity index (χ0) is 10.6. The molecule has 0 amide bonds. The third-order valence-corrected chi connectivity index (χ3v) is 2.37. The fourth-order valence-electron chi connectivity index (χ4n) is 1.33. The monoisotopic (exact) mass is 198 g/mol. The van der Waals surface area contributed by atoms with E-state index in [0.29, 0.717) is 17.8 Å². The van der Waals surface area contributed by atoms with Crippen molar-refractivity contribution in [3.05, 3.63) is 12.0 Å². The smallest absolute Gasteiger partial charge is 0.297 e. The summed E-state index contributed by atoms with van der Waals surface area (Å²) in [6.07, 6.45) is 3.73. The highest BCUT2D eigenvalue weighted by atomic mass is 16.4. The maximum atomic E-state index is 8.83. The number of rotatable bonds is 5. The SMILES string of the molecule is CCCC(C)N(C)c1nc(CO)co1. The predicted octanol–water partition coefficient (Wildman–Crippen LogP) is 1.79. The van der Waals surface area contributed by atoms with Gasteiger partial charge in [-0.15, -0.1) is 0 Å². The van der Waals surface area contributed by atoms with E-state index in [9.17, 15) is 0 Å². The number of aromatic nitrogens is 1. The first kappa shape index (κ1) is 11.0. The first-order valence-electron chi connectivity index (χ1n) is 4.97. The van der Waals surface area contributed by atoms with Gasteiger partial charge in [-0.05, 0) is 13.3 Å². The molecule has 0 aliphatic rings. The van der Waals surface area contributed by atoms with Crippen LogP contribution in [-0.2, 0) is 6.61 Å². The Balaban J connectivity index is 2.63. The number of aliphatic hydroxyl groups is 1. The quantitative estimate of drug-likeness (QED) is 0.783. The van der Waals surface area contributed by atoms with Gasteiger partial charge in [-0.1, -0.05) is 13.3 Å². The van der Waals surface area contributed by atoms with Gasteiger partial charge in [0.05, 0.1) is 6.61 Å². The van der Waals surface area contributed by atoms with Gasteiger partial charge in [-0.25, -0.2) is 0 Å². The summed E-state index contributed by atoms with van der Waals surface area (Å²) in [5, 5.41) is 8.83. The van der Waals surface area contributed by atoms with Crippen molar-refractivity contribution >= 4 is 6.01 Å². The fraction of sp³-hybridized carbons (Fsp3) is 0.700.